The molecule has 1 aliphatic heterocycles. The molecule has 0 saturated carbocycles. The molecular weight excluding hydrogens is 132 g/mol. The summed E-state index contributed by atoms with van der Waals surface area (Å²) in [4.78, 5) is 14.5. The second-order valence-electron chi connectivity index (χ2n) is 1.90. The van der Waals surface area contributed by atoms with Gasteiger partial charge in [0.05, 0.1) is 0 Å². The van der Waals surface area contributed by atoms with Crippen LogP contribution in [0.5, 0.6) is 0 Å². The molecule has 1 amide bonds. The molecule has 0 aromatic heterocycles. The van der Waals surface area contributed by atoms with Crippen LogP contribution in [-0.4, -0.2) is 23.4 Å². The molecule has 1 aliphatic rings. The molecule has 1 rings (SSSR count). The highest BCUT2D eigenvalue weighted by Crippen LogP contribution is 1.95. The molecule has 4 heteroatoms. The van der Waals surface area contributed by atoms with Crippen LogP contribution in [0.15, 0.2) is 17.1 Å². The van der Waals surface area contributed by atoms with Gasteiger partial charge in [0.15, 0.2) is 0 Å². The Morgan fingerprint density at radius 1 is 1.80 bits per heavy atom. The predicted molar refractivity (Wildman–Crippen MR) is 36.0 cm³/mol. The van der Waals surface area contributed by atoms with Crippen molar-refractivity contribution in [1.82, 2.24) is 5.48 Å². The minimum absolute atomic E-state index is 0.286. The van der Waals surface area contributed by atoms with Crippen molar-refractivity contribution in [2.24, 2.45) is 4.99 Å². The van der Waals surface area contributed by atoms with Crippen LogP contribution < -0.4 is 5.48 Å². The van der Waals surface area contributed by atoms with Crippen LogP contribution >= 0.6 is 0 Å². The normalized spacial score (nSPS) is 16.3. The van der Waals surface area contributed by atoms with E-state index in [4.69, 9.17) is 5.21 Å². The van der Waals surface area contributed by atoms with Crippen molar-refractivity contribution in [3.8, 4) is 0 Å². The molecule has 0 fully saturated rings. The Bertz CT molecular complexity index is 196. The lowest BCUT2D eigenvalue weighted by Crippen LogP contribution is -2.27. The van der Waals surface area contributed by atoms with Gasteiger partial charge < -0.3 is 0 Å². The second kappa shape index (κ2) is 3.12. The van der Waals surface area contributed by atoms with Crippen LogP contribution in [0.3, 0.4) is 0 Å². The molecule has 1 heterocycles. The van der Waals surface area contributed by atoms with Crippen molar-refractivity contribution < 1.29 is 10.0 Å². The minimum Gasteiger partial charge on any atom is -0.288 e. The molecule has 0 saturated heterocycles. The highest BCUT2D eigenvalue weighted by molar-refractivity contribution is 6.43. The smallest absolute Gasteiger partial charge is 0.288 e. The number of hydrogen-bond acceptors (Lipinski definition) is 3. The lowest BCUT2D eigenvalue weighted by molar-refractivity contribution is -0.122. The highest BCUT2D eigenvalue weighted by atomic mass is 16.5. The highest BCUT2D eigenvalue weighted by Gasteiger charge is 2.07. The fraction of sp³-hybridized carbons (Fsp3) is 0.333. The summed E-state index contributed by atoms with van der Waals surface area (Å²) in [5.41, 5.74) is 1.80. The van der Waals surface area contributed by atoms with Gasteiger partial charge in [-0.3, -0.25) is 15.0 Å². The van der Waals surface area contributed by atoms with Crippen molar-refractivity contribution in [3.63, 3.8) is 0 Å². The summed E-state index contributed by atoms with van der Waals surface area (Å²) in [5.74, 6) is -0.545. The van der Waals surface area contributed by atoms with E-state index in [0.717, 1.165) is 6.42 Å². The Hall–Kier alpha value is -1.16. The molecule has 4 nitrogen and oxygen atoms in total. The minimum atomic E-state index is -0.545. The molecule has 0 radical (unpaired) electrons. The molecule has 2 N–H and O–H groups in total. The summed E-state index contributed by atoms with van der Waals surface area (Å²) in [5, 5.41) is 8.17. The first-order chi connectivity index (χ1) is 4.84. The number of amides is 1. The van der Waals surface area contributed by atoms with Crippen LogP contribution in [0.1, 0.15) is 6.42 Å². The number of carbonyl (C=O) groups is 1. The molecule has 0 spiro atoms. The van der Waals surface area contributed by atoms with Crippen molar-refractivity contribution in [2.75, 3.05) is 6.54 Å². The number of dihydropyridines is 1. The van der Waals surface area contributed by atoms with Gasteiger partial charge in [-0.05, 0) is 12.5 Å². The molecule has 0 aliphatic carbocycles. The molecule has 0 aromatic rings. The van der Waals surface area contributed by atoms with Gasteiger partial charge >= 0.3 is 0 Å². The first-order valence-electron chi connectivity index (χ1n) is 3.00. The molecule has 0 aromatic carbocycles. The number of aliphatic imine (C=N–C) groups is 1. The summed E-state index contributed by atoms with van der Waals surface area (Å²) in [6.07, 6.45) is 4.30. The third-order valence-corrected chi connectivity index (χ3v) is 1.19. The number of nitrogens with one attached hydrogen (secondary N) is 1. The molecule has 54 valence electrons. The van der Waals surface area contributed by atoms with Gasteiger partial charge in [0, 0.05) is 6.54 Å². The maximum absolute atomic E-state index is 10.6. The number of hydroxylamine groups is 1. The standard InChI is InChI=1S/C6H8N2O2/c9-6(8-10)5-3-1-2-4-7-5/h1,3,10H,2,4H2,(H,8,9). The molecule has 10 heavy (non-hydrogen) atoms. The number of nitrogens with zero attached hydrogens (tertiary/aromatic N) is 1. The summed E-state index contributed by atoms with van der Waals surface area (Å²) in [6.45, 7) is 0.624. The third kappa shape index (κ3) is 1.41. The Kier molecular flexibility index (Phi) is 2.17. The average molecular weight is 140 g/mol. The van der Waals surface area contributed by atoms with Crippen LogP contribution in [0, 0.1) is 0 Å². The lowest BCUT2D eigenvalue weighted by atomic mass is 10.2. The Morgan fingerprint density at radius 2 is 2.60 bits per heavy atom. The fourth-order valence-corrected chi connectivity index (χ4v) is 0.712. The van der Waals surface area contributed by atoms with Gasteiger partial charge in [0.1, 0.15) is 5.71 Å². The first-order valence-corrected chi connectivity index (χ1v) is 3.00. The number of hydrogen-bond donors (Lipinski definition) is 2. The first kappa shape index (κ1) is 6.95. The molecule has 0 atom stereocenters. The quantitative estimate of drug-likeness (QED) is 0.394. The SMILES string of the molecule is O=C(NO)C1=NCCC=C1. The van der Waals surface area contributed by atoms with E-state index in [0.29, 0.717) is 6.54 Å². The van der Waals surface area contributed by atoms with E-state index >= 15 is 0 Å². The van der Waals surface area contributed by atoms with Gasteiger partial charge in [-0.15, -0.1) is 0 Å². The van der Waals surface area contributed by atoms with Crippen molar-refractivity contribution in [3.05, 3.63) is 12.2 Å². The predicted octanol–water partition coefficient (Wildman–Crippen LogP) is -0.107. The summed E-state index contributed by atoms with van der Waals surface area (Å²) in [6, 6.07) is 0. The number of carbonyl (C=O) groups excluding carboxylic acids is 1. The van der Waals surface area contributed by atoms with E-state index in [1.165, 1.54) is 5.48 Å². The molecular formula is C6H8N2O2. The third-order valence-electron chi connectivity index (χ3n) is 1.19. The molecule has 0 unspecified atom stereocenters. The Labute approximate surface area is 58.2 Å². The Morgan fingerprint density at radius 3 is 3.10 bits per heavy atom. The van der Waals surface area contributed by atoms with Gasteiger partial charge in [-0.25, -0.2) is 5.48 Å². The topological polar surface area (TPSA) is 61.7 Å². The van der Waals surface area contributed by atoms with Crippen LogP contribution in [-0.2, 0) is 4.79 Å². The van der Waals surface area contributed by atoms with Gasteiger partial charge in [0.2, 0.25) is 0 Å². The maximum atomic E-state index is 10.6. The van der Waals surface area contributed by atoms with E-state index in [-0.39, 0.29) is 5.71 Å². The van der Waals surface area contributed by atoms with Crippen LogP contribution in [0.4, 0.5) is 0 Å². The number of rotatable bonds is 1. The van der Waals surface area contributed by atoms with Crippen LogP contribution in [0.2, 0.25) is 0 Å². The Balaban J connectivity index is 2.63. The largest absolute Gasteiger partial charge is 0.292 e. The second-order valence-corrected chi connectivity index (χ2v) is 1.90. The average Bonchev–Trinajstić information content (AvgIpc) is 2.05. The van der Waals surface area contributed by atoms with Gasteiger partial charge in [0.25, 0.3) is 5.91 Å². The zero-order valence-electron chi connectivity index (χ0n) is 5.37. The van der Waals surface area contributed by atoms with Crippen molar-refractivity contribution >= 4 is 11.6 Å². The summed E-state index contributed by atoms with van der Waals surface area (Å²) in [7, 11) is 0. The van der Waals surface area contributed by atoms with E-state index in [9.17, 15) is 4.79 Å². The maximum Gasteiger partial charge on any atom is 0.292 e. The van der Waals surface area contributed by atoms with Gasteiger partial charge in [-0.1, -0.05) is 6.08 Å². The molecule has 0 bridgehead atoms. The summed E-state index contributed by atoms with van der Waals surface area (Å²) < 4.78 is 0. The lowest BCUT2D eigenvalue weighted by Gasteiger charge is -2.02. The van der Waals surface area contributed by atoms with Crippen molar-refractivity contribution in [1.29, 1.82) is 0 Å². The van der Waals surface area contributed by atoms with Crippen molar-refractivity contribution in [2.45, 2.75) is 6.42 Å². The zero-order valence-corrected chi connectivity index (χ0v) is 5.37. The summed E-state index contributed by atoms with van der Waals surface area (Å²) >= 11 is 0. The fourth-order valence-electron chi connectivity index (χ4n) is 0.712. The van der Waals surface area contributed by atoms with E-state index < -0.39 is 5.91 Å². The van der Waals surface area contributed by atoms with E-state index in [1.807, 2.05) is 6.08 Å². The van der Waals surface area contributed by atoms with Gasteiger partial charge in [-0.2, -0.15) is 0 Å². The van der Waals surface area contributed by atoms with Crippen LogP contribution in [0.25, 0.3) is 0 Å². The van der Waals surface area contributed by atoms with E-state index in [2.05, 4.69) is 4.99 Å². The zero-order chi connectivity index (χ0) is 7.40. The monoisotopic (exact) mass is 140 g/mol. The van der Waals surface area contributed by atoms with E-state index in [1.54, 1.807) is 6.08 Å².